The summed E-state index contributed by atoms with van der Waals surface area (Å²) in [7, 11) is -2.14. The third kappa shape index (κ3) is 4.63. The predicted molar refractivity (Wildman–Crippen MR) is 86.8 cm³/mol. The maximum absolute atomic E-state index is 12.3. The topological polar surface area (TPSA) is 98.5 Å². The molecule has 9 heteroatoms. The molecule has 7 nitrogen and oxygen atoms in total. The van der Waals surface area contributed by atoms with E-state index >= 15 is 0 Å². The molecule has 23 heavy (non-hydrogen) atoms. The second-order valence-corrected chi connectivity index (χ2v) is 8.03. The van der Waals surface area contributed by atoms with Gasteiger partial charge in [-0.2, -0.15) is 0 Å². The highest BCUT2D eigenvalue weighted by Gasteiger charge is 2.28. The molecule has 1 N–H and O–H groups in total. The van der Waals surface area contributed by atoms with Crippen LogP contribution in [0, 0.1) is 0 Å². The summed E-state index contributed by atoms with van der Waals surface area (Å²) in [5, 5.41) is 3.65. The van der Waals surface area contributed by atoms with Crippen molar-refractivity contribution in [2.45, 2.75) is 17.9 Å². The number of aromatic nitrogens is 1. The summed E-state index contributed by atoms with van der Waals surface area (Å²) in [5.74, 6) is -0.240. The second-order valence-electron chi connectivity index (χ2n) is 4.85. The van der Waals surface area contributed by atoms with Crippen LogP contribution in [0.25, 0.3) is 10.8 Å². The zero-order chi connectivity index (χ0) is 16.9. The van der Waals surface area contributed by atoms with Gasteiger partial charge in [0.1, 0.15) is 5.25 Å². The summed E-state index contributed by atoms with van der Waals surface area (Å²) in [6.45, 7) is 1.98. The Hall–Kier alpha value is -1.71. The van der Waals surface area contributed by atoms with Gasteiger partial charge < -0.3 is 14.5 Å². The van der Waals surface area contributed by atoms with E-state index in [1.54, 1.807) is 17.5 Å². The molecule has 0 bridgehead atoms. The first-order valence-corrected chi connectivity index (χ1v) is 9.50. The van der Waals surface area contributed by atoms with Crippen LogP contribution in [0.4, 0.5) is 0 Å². The molecule has 2 aromatic heterocycles. The number of thiazole rings is 1. The number of rotatable bonds is 8. The van der Waals surface area contributed by atoms with Crippen LogP contribution >= 0.6 is 11.3 Å². The fraction of sp³-hybridized carbons (Fsp3) is 0.429. The van der Waals surface area contributed by atoms with Crippen molar-refractivity contribution in [1.82, 2.24) is 10.3 Å². The van der Waals surface area contributed by atoms with Gasteiger partial charge in [0.25, 0.3) is 0 Å². The van der Waals surface area contributed by atoms with E-state index in [0.29, 0.717) is 23.1 Å². The molecular formula is C14H18N2O5S2. The maximum atomic E-state index is 12.3. The lowest BCUT2D eigenvalue weighted by molar-refractivity contribution is -0.120. The summed E-state index contributed by atoms with van der Waals surface area (Å²) >= 11 is 1.30. The Kier molecular flexibility index (Phi) is 5.91. The molecule has 0 radical (unpaired) electrons. The number of methoxy groups -OCH3 is 1. The van der Waals surface area contributed by atoms with E-state index in [1.807, 2.05) is 0 Å². The highest BCUT2D eigenvalue weighted by atomic mass is 32.2. The zero-order valence-electron chi connectivity index (χ0n) is 12.8. The molecule has 0 saturated heterocycles. The van der Waals surface area contributed by atoms with Crippen LogP contribution in [0.3, 0.4) is 0 Å². The number of carbonyl (C=O) groups is 1. The van der Waals surface area contributed by atoms with Crippen LogP contribution in [0.1, 0.15) is 12.6 Å². The molecule has 126 valence electrons. The molecule has 0 aromatic carbocycles. The number of sulfone groups is 1. The third-order valence-corrected chi connectivity index (χ3v) is 6.04. The minimum Gasteiger partial charge on any atom is -0.462 e. The SMILES string of the molecule is COCCNC(=O)C(C)S(=O)(=O)Cc1csc(-c2ccco2)n1. The van der Waals surface area contributed by atoms with Crippen molar-refractivity contribution >= 4 is 27.1 Å². The van der Waals surface area contributed by atoms with Gasteiger partial charge in [-0.1, -0.05) is 0 Å². The van der Waals surface area contributed by atoms with Crippen LogP contribution in [0.15, 0.2) is 28.2 Å². The number of amides is 1. The minimum absolute atomic E-state index is 0.272. The first kappa shape index (κ1) is 17.6. The molecule has 0 saturated carbocycles. The van der Waals surface area contributed by atoms with Crippen molar-refractivity contribution in [2.24, 2.45) is 0 Å². The molecule has 2 rings (SSSR count). The number of carbonyl (C=O) groups excluding carboxylic acids is 1. The summed E-state index contributed by atoms with van der Waals surface area (Å²) < 4.78 is 34.7. The Morgan fingerprint density at radius 1 is 1.52 bits per heavy atom. The van der Waals surface area contributed by atoms with Crippen molar-refractivity contribution in [3.63, 3.8) is 0 Å². The molecule has 1 unspecified atom stereocenters. The standard InChI is InChI=1S/C14H18N2O5S2/c1-10(13(17)15-5-7-20-2)23(18,19)9-11-8-22-14(16-11)12-4-3-6-21-12/h3-4,6,8,10H,5,7,9H2,1-2H3,(H,15,17). The van der Waals surface area contributed by atoms with E-state index in [4.69, 9.17) is 9.15 Å². The Bertz CT molecular complexity index is 737. The van der Waals surface area contributed by atoms with Gasteiger partial charge in [-0.15, -0.1) is 11.3 Å². The van der Waals surface area contributed by atoms with Gasteiger partial charge in [-0.05, 0) is 19.1 Å². The van der Waals surface area contributed by atoms with Gasteiger partial charge in [-0.25, -0.2) is 13.4 Å². The van der Waals surface area contributed by atoms with Crippen LogP contribution < -0.4 is 5.32 Å². The number of hydrogen-bond acceptors (Lipinski definition) is 7. The number of nitrogens with zero attached hydrogens (tertiary/aromatic N) is 1. The fourth-order valence-corrected chi connectivity index (χ4v) is 3.91. The van der Waals surface area contributed by atoms with Crippen LogP contribution in [-0.2, 0) is 25.1 Å². The summed E-state index contributed by atoms with van der Waals surface area (Å²) in [6, 6.07) is 3.49. The highest BCUT2D eigenvalue weighted by Crippen LogP contribution is 2.25. The van der Waals surface area contributed by atoms with Gasteiger partial charge in [0, 0.05) is 19.0 Å². The highest BCUT2D eigenvalue weighted by molar-refractivity contribution is 7.92. The number of hydrogen-bond donors (Lipinski definition) is 1. The summed E-state index contributed by atoms with van der Waals surface area (Å²) in [6.07, 6.45) is 1.53. The Labute approximate surface area is 138 Å². The number of ether oxygens (including phenoxy) is 1. The number of nitrogens with one attached hydrogen (secondary N) is 1. The molecule has 1 amide bonds. The normalized spacial score (nSPS) is 13.0. The van der Waals surface area contributed by atoms with E-state index in [2.05, 4.69) is 10.3 Å². The van der Waals surface area contributed by atoms with E-state index in [0.717, 1.165) is 0 Å². The monoisotopic (exact) mass is 358 g/mol. The minimum atomic E-state index is -3.64. The first-order chi connectivity index (χ1) is 10.9. The lowest BCUT2D eigenvalue weighted by Gasteiger charge is -2.12. The molecular weight excluding hydrogens is 340 g/mol. The molecule has 0 fully saturated rings. The Morgan fingerprint density at radius 2 is 2.30 bits per heavy atom. The van der Waals surface area contributed by atoms with Gasteiger partial charge >= 0.3 is 0 Å². The van der Waals surface area contributed by atoms with Gasteiger partial charge in [0.2, 0.25) is 5.91 Å². The predicted octanol–water partition coefficient (Wildman–Crippen LogP) is 1.47. The third-order valence-electron chi connectivity index (χ3n) is 3.15. The van der Waals surface area contributed by atoms with Gasteiger partial charge in [0.15, 0.2) is 20.6 Å². The zero-order valence-corrected chi connectivity index (χ0v) is 14.4. The van der Waals surface area contributed by atoms with Crippen molar-refractivity contribution in [2.75, 3.05) is 20.3 Å². The second kappa shape index (κ2) is 7.71. The van der Waals surface area contributed by atoms with Crippen molar-refractivity contribution in [3.05, 3.63) is 29.5 Å². The van der Waals surface area contributed by atoms with Crippen molar-refractivity contribution in [3.8, 4) is 10.8 Å². The number of furan rings is 1. The molecule has 0 aliphatic heterocycles. The Balaban J connectivity index is 2.01. The largest absolute Gasteiger partial charge is 0.462 e. The first-order valence-electron chi connectivity index (χ1n) is 6.90. The quantitative estimate of drug-likeness (QED) is 0.718. The van der Waals surface area contributed by atoms with Crippen LogP contribution in [0.5, 0.6) is 0 Å². The Morgan fingerprint density at radius 3 is 2.96 bits per heavy atom. The molecule has 1 atom stereocenters. The fourth-order valence-electron chi connectivity index (χ4n) is 1.80. The van der Waals surface area contributed by atoms with Gasteiger partial charge in [-0.3, -0.25) is 4.79 Å². The smallest absolute Gasteiger partial charge is 0.238 e. The summed E-state index contributed by atoms with van der Waals surface area (Å²) in [5.41, 5.74) is 0.401. The molecule has 0 aliphatic rings. The van der Waals surface area contributed by atoms with E-state index in [9.17, 15) is 13.2 Å². The van der Waals surface area contributed by atoms with Crippen LogP contribution in [0.2, 0.25) is 0 Å². The van der Waals surface area contributed by atoms with E-state index in [-0.39, 0.29) is 12.3 Å². The van der Waals surface area contributed by atoms with Crippen LogP contribution in [-0.4, -0.2) is 44.8 Å². The summed E-state index contributed by atoms with van der Waals surface area (Å²) in [4.78, 5) is 16.1. The average molecular weight is 358 g/mol. The average Bonchev–Trinajstić information content (AvgIpc) is 3.17. The van der Waals surface area contributed by atoms with Crippen molar-refractivity contribution in [1.29, 1.82) is 0 Å². The van der Waals surface area contributed by atoms with E-state index in [1.165, 1.54) is 31.6 Å². The van der Waals surface area contributed by atoms with E-state index < -0.39 is 21.0 Å². The lowest BCUT2D eigenvalue weighted by Crippen LogP contribution is -2.39. The van der Waals surface area contributed by atoms with Crippen molar-refractivity contribution < 1.29 is 22.4 Å². The van der Waals surface area contributed by atoms with Gasteiger partial charge in [0.05, 0.1) is 24.3 Å². The molecule has 0 spiro atoms. The molecule has 2 heterocycles. The maximum Gasteiger partial charge on any atom is 0.238 e. The lowest BCUT2D eigenvalue weighted by atomic mass is 10.4. The molecule has 2 aromatic rings. The molecule has 0 aliphatic carbocycles.